The van der Waals surface area contributed by atoms with E-state index in [9.17, 15) is 35.2 Å². The number of alkyl halides is 5. The van der Waals surface area contributed by atoms with Crippen LogP contribution in [0.5, 0.6) is 0 Å². The van der Waals surface area contributed by atoms with E-state index >= 15 is 0 Å². The maximum atomic E-state index is 13.9. The molecular weight excluding hydrogens is 473 g/mol. The summed E-state index contributed by atoms with van der Waals surface area (Å²) in [6, 6.07) is 2.75. The van der Waals surface area contributed by atoms with Gasteiger partial charge in [-0.25, -0.2) is 32.3 Å². The van der Waals surface area contributed by atoms with Gasteiger partial charge in [-0.3, -0.25) is 4.79 Å². The van der Waals surface area contributed by atoms with E-state index in [1.54, 1.807) is 0 Å². The lowest BCUT2D eigenvalue weighted by atomic mass is 9.95. The Bertz CT molecular complexity index is 1190. The second kappa shape index (κ2) is 8.48. The number of aryl methyl sites for hydroxylation is 1. The van der Waals surface area contributed by atoms with Crippen molar-refractivity contribution in [1.82, 2.24) is 9.97 Å². The fourth-order valence-corrected chi connectivity index (χ4v) is 3.91. The van der Waals surface area contributed by atoms with Crippen molar-refractivity contribution in [2.45, 2.75) is 37.4 Å². The van der Waals surface area contributed by atoms with E-state index in [2.05, 4.69) is 15.3 Å². The molecule has 1 aliphatic heterocycles. The molecule has 3 N–H and O–H groups in total. The molecule has 3 heterocycles. The van der Waals surface area contributed by atoms with Gasteiger partial charge >= 0.3 is 6.18 Å². The first-order valence-corrected chi connectivity index (χ1v) is 11.2. The average Bonchev–Trinajstić information content (AvgIpc) is 2.68. The van der Waals surface area contributed by atoms with Gasteiger partial charge in [0, 0.05) is 43.4 Å². The normalized spacial score (nSPS) is 18.8. The van der Waals surface area contributed by atoms with E-state index in [-0.39, 0.29) is 24.6 Å². The van der Waals surface area contributed by atoms with E-state index in [0.717, 1.165) is 19.2 Å². The second-order valence-corrected chi connectivity index (χ2v) is 9.24. The minimum Gasteiger partial charge on any atom is -0.355 e. The number of carbonyl (C=O) groups excluding carboxylic acids is 1. The van der Waals surface area contributed by atoms with Crippen LogP contribution in [0.3, 0.4) is 0 Å². The summed E-state index contributed by atoms with van der Waals surface area (Å²) in [7, 11) is -4.20. The molecule has 0 saturated carbocycles. The van der Waals surface area contributed by atoms with Crippen LogP contribution in [-0.4, -0.2) is 43.3 Å². The number of pyridine rings is 2. The summed E-state index contributed by atoms with van der Waals surface area (Å²) < 4.78 is 91.2. The Morgan fingerprint density at radius 2 is 1.97 bits per heavy atom. The van der Waals surface area contributed by atoms with Crippen LogP contribution in [0.1, 0.15) is 35.0 Å². The summed E-state index contributed by atoms with van der Waals surface area (Å²) in [5.41, 5.74) is -2.18. The molecule has 2 aromatic rings. The highest BCUT2D eigenvalue weighted by molar-refractivity contribution is 7.89. The predicted molar refractivity (Wildman–Crippen MR) is 108 cm³/mol. The van der Waals surface area contributed by atoms with Gasteiger partial charge in [-0.05, 0) is 19.1 Å². The Labute approximate surface area is 186 Å². The number of amides is 1. The van der Waals surface area contributed by atoms with Crippen LogP contribution in [0.4, 0.5) is 33.5 Å². The fourth-order valence-electron chi connectivity index (χ4n) is 3.41. The number of primary sulfonamides is 1. The lowest BCUT2D eigenvalue weighted by Gasteiger charge is -2.38. The molecule has 3 rings (SSSR count). The van der Waals surface area contributed by atoms with Crippen molar-refractivity contribution in [3.63, 3.8) is 0 Å². The molecular formula is C19H20F5N5O3S. The average molecular weight is 493 g/mol. The molecule has 33 heavy (non-hydrogen) atoms. The summed E-state index contributed by atoms with van der Waals surface area (Å²) in [6.45, 7) is 1.96. The summed E-state index contributed by atoms with van der Waals surface area (Å²) >= 11 is 0. The van der Waals surface area contributed by atoms with Crippen molar-refractivity contribution < 1.29 is 35.2 Å². The number of nitrogens with two attached hydrogens (primary N) is 1. The van der Waals surface area contributed by atoms with Gasteiger partial charge in [0.25, 0.3) is 21.9 Å². The molecule has 0 radical (unpaired) electrons. The van der Waals surface area contributed by atoms with Crippen molar-refractivity contribution in [3.8, 4) is 0 Å². The van der Waals surface area contributed by atoms with Crippen LogP contribution in [0.2, 0.25) is 0 Å². The topological polar surface area (TPSA) is 118 Å². The highest BCUT2D eigenvalue weighted by Crippen LogP contribution is 2.38. The summed E-state index contributed by atoms with van der Waals surface area (Å²) in [5.74, 6) is -5.30. The number of hydrogen-bond donors (Lipinski definition) is 2. The molecule has 14 heteroatoms. The molecule has 8 nitrogen and oxygen atoms in total. The highest BCUT2D eigenvalue weighted by atomic mass is 32.2. The van der Waals surface area contributed by atoms with Crippen LogP contribution >= 0.6 is 0 Å². The number of anilines is 2. The molecule has 0 aromatic carbocycles. The molecule has 1 aliphatic rings. The van der Waals surface area contributed by atoms with Crippen LogP contribution in [-0.2, 0) is 16.2 Å². The number of nitrogens with zero attached hydrogens (tertiary/aromatic N) is 3. The molecule has 2 aromatic heterocycles. The zero-order valence-electron chi connectivity index (χ0n) is 17.4. The van der Waals surface area contributed by atoms with Gasteiger partial charge in [0.05, 0.1) is 16.8 Å². The van der Waals surface area contributed by atoms with E-state index < -0.39 is 62.2 Å². The smallest absolute Gasteiger partial charge is 0.355 e. The van der Waals surface area contributed by atoms with Gasteiger partial charge in [0.1, 0.15) is 5.82 Å². The van der Waals surface area contributed by atoms with Crippen LogP contribution < -0.4 is 15.4 Å². The summed E-state index contributed by atoms with van der Waals surface area (Å²) in [6.07, 6.45) is -4.33. The molecule has 1 amide bonds. The van der Waals surface area contributed by atoms with Gasteiger partial charge in [-0.1, -0.05) is 6.92 Å². The Morgan fingerprint density at radius 1 is 1.30 bits per heavy atom. The second-order valence-electron chi connectivity index (χ2n) is 7.73. The lowest BCUT2D eigenvalue weighted by Crippen LogP contribution is -2.46. The molecule has 0 bridgehead atoms. The Hall–Kier alpha value is -2.87. The number of nitrogens with one attached hydrogen (secondary N) is 1. The highest BCUT2D eigenvalue weighted by Gasteiger charge is 2.43. The first kappa shape index (κ1) is 24.8. The number of hydrogen-bond acceptors (Lipinski definition) is 6. The van der Waals surface area contributed by atoms with Crippen LogP contribution in [0, 0.1) is 12.8 Å². The number of aromatic nitrogens is 2. The number of halogens is 5. The predicted octanol–water partition coefficient (Wildman–Crippen LogP) is 3.19. The van der Waals surface area contributed by atoms with Crippen LogP contribution in [0.15, 0.2) is 29.4 Å². The monoisotopic (exact) mass is 493 g/mol. The lowest BCUT2D eigenvalue weighted by molar-refractivity contribution is -0.138. The van der Waals surface area contributed by atoms with E-state index in [1.807, 2.05) is 0 Å². The fraction of sp³-hybridized carbons (Fsp3) is 0.421. The third-order valence-corrected chi connectivity index (χ3v) is 6.06. The molecule has 0 unspecified atom stereocenters. The summed E-state index contributed by atoms with van der Waals surface area (Å²) in [5, 5.41) is 6.73. The van der Waals surface area contributed by atoms with Gasteiger partial charge in [0.15, 0.2) is 5.03 Å². The Kier molecular flexibility index (Phi) is 6.37. The molecule has 0 aliphatic carbocycles. The van der Waals surface area contributed by atoms with E-state index in [4.69, 9.17) is 5.14 Å². The molecule has 1 atom stereocenters. The number of piperidine rings is 1. The Balaban J connectivity index is 2.04. The SMILES string of the molecule is Cc1nc(N2CCC(F)(F)[C@@H](C)C2)c(C(=O)Nc2ccnc(S(N)(=O)=O)c2)cc1C(F)(F)F. The quantitative estimate of drug-likeness (QED) is 0.632. The van der Waals surface area contributed by atoms with E-state index in [0.29, 0.717) is 6.07 Å². The first-order chi connectivity index (χ1) is 15.1. The van der Waals surface area contributed by atoms with Crippen molar-refractivity contribution >= 4 is 27.4 Å². The molecule has 1 saturated heterocycles. The minimum atomic E-state index is -4.82. The van der Waals surface area contributed by atoms with Gasteiger partial charge in [0.2, 0.25) is 0 Å². The first-order valence-electron chi connectivity index (χ1n) is 9.61. The van der Waals surface area contributed by atoms with Crippen molar-refractivity contribution in [2.24, 2.45) is 11.1 Å². The van der Waals surface area contributed by atoms with Crippen molar-refractivity contribution in [2.75, 3.05) is 23.3 Å². The Morgan fingerprint density at radius 3 is 2.55 bits per heavy atom. The third kappa shape index (κ3) is 5.38. The van der Waals surface area contributed by atoms with Crippen molar-refractivity contribution in [1.29, 1.82) is 0 Å². The maximum absolute atomic E-state index is 13.9. The standard InChI is InChI=1S/C19H20F5N5O3S/c1-10-9-29(6-4-18(10,20)21)16-13(8-14(11(2)27-16)19(22,23)24)17(30)28-12-3-5-26-15(7-12)33(25,31)32/h3,5,7-8,10H,4,6,9H2,1-2H3,(H2,25,31,32)(H,26,28,30)/t10-/m0/s1. The zero-order valence-corrected chi connectivity index (χ0v) is 18.3. The number of rotatable bonds is 4. The number of sulfonamides is 1. The molecule has 1 fully saturated rings. The van der Waals surface area contributed by atoms with Crippen LogP contribution in [0.25, 0.3) is 0 Å². The molecule has 0 spiro atoms. The zero-order chi connectivity index (χ0) is 24.8. The third-order valence-electron chi connectivity index (χ3n) is 5.26. The van der Waals surface area contributed by atoms with Gasteiger partial charge < -0.3 is 10.2 Å². The van der Waals surface area contributed by atoms with Gasteiger partial charge in [-0.15, -0.1) is 0 Å². The van der Waals surface area contributed by atoms with Gasteiger partial charge in [-0.2, -0.15) is 13.2 Å². The number of carbonyl (C=O) groups is 1. The minimum absolute atomic E-state index is 0.0994. The summed E-state index contributed by atoms with van der Waals surface area (Å²) in [4.78, 5) is 21.8. The van der Waals surface area contributed by atoms with Crippen molar-refractivity contribution in [3.05, 3.63) is 41.2 Å². The van der Waals surface area contributed by atoms with E-state index in [1.165, 1.54) is 17.9 Å². The molecule has 180 valence electrons. The maximum Gasteiger partial charge on any atom is 0.418 e. The largest absolute Gasteiger partial charge is 0.418 e.